The van der Waals surface area contributed by atoms with Crippen LogP contribution in [0.1, 0.15) is 31.1 Å². The topological polar surface area (TPSA) is 90.9 Å². The third kappa shape index (κ3) is 3.06. The fraction of sp³-hybridized carbons (Fsp3) is 0.643. The average Bonchev–Trinajstić information content (AvgIpc) is 3.15. The Hall–Kier alpha value is -1.84. The summed E-state index contributed by atoms with van der Waals surface area (Å²) in [4.78, 5) is 4.22. The Labute approximate surface area is 137 Å². The van der Waals surface area contributed by atoms with Crippen LogP contribution < -0.4 is 0 Å². The highest BCUT2D eigenvalue weighted by atomic mass is 32.2. The van der Waals surface area contributed by atoms with Gasteiger partial charge in [-0.1, -0.05) is 5.16 Å². The van der Waals surface area contributed by atoms with Gasteiger partial charge in [0.1, 0.15) is 0 Å². The molecule has 24 heavy (non-hydrogen) atoms. The summed E-state index contributed by atoms with van der Waals surface area (Å²) in [5.41, 5.74) is 0.594. The van der Waals surface area contributed by atoms with E-state index in [4.69, 9.17) is 4.52 Å². The van der Waals surface area contributed by atoms with Gasteiger partial charge < -0.3 is 4.52 Å². The maximum absolute atomic E-state index is 12.8. The third-order valence-electron chi connectivity index (χ3n) is 4.54. The Bertz CT molecular complexity index is 853. The van der Waals surface area contributed by atoms with E-state index in [-0.39, 0.29) is 42.2 Å². The standard InChI is InChI=1S/C14H16F2N4O3S/c15-14(16)4-9(5-14)3-12-18-13(23-19-12)10-6-17-20(7-10)11-1-2-24(21,22)8-11/h6-7,9,11H,1-5,8H2. The molecule has 1 atom stereocenters. The first kappa shape index (κ1) is 15.7. The van der Waals surface area contributed by atoms with E-state index in [1.54, 1.807) is 17.1 Å². The van der Waals surface area contributed by atoms with Gasteiger partial charge in [-0.2, -0.15) is 10.1 Å². The van der Waals surface area contributed by atoms with Crippen LogP contribution in [0.2, 0.25) is 0 Å². The molecule has 1 saturated heterocycles. The van der Waals surface area contributed by atoms with E-state index in [9.17, 15) is 17.2 Å². The van der Waals surface area contributed by atoms with Crippen molar-refractivity contribution in [3.05, 3.63) is 18.2 Å². The summed E-state index contributed by atoms with van der Waals surface area (Å²) in [6, 6.07) is -0.177. The van der Waals surface area contributed by atoms with Crippen LogP contribution >= 0.6 is 0 Å². The van der Waals surface area contributed by atoms with E-state index in [2.05, 4.69) is 15.2 Å². The van der Waals surface area contributed by atoms with Crippen LogP contribution in [-0.4, -0.2) is 45.8 Å². The molecule has 2 aromatic heterocycles. The van der Waals surface area contributed by atoms with Gasteiger partial charge in [-0.25, -0.2) is 17.2 Å². The smallest absolute Gasteiger partial charge is 0.261 e. The third-order valence-corrected chi connectivity index (χ3v) is 6.30. The molecule has 1 aliphatic heterocycles. The first-order valence-corrected chi connectivity index (χ1v) is 9.57. The maximum atomic E-state index is 12.8. The molecule has 3 heterocycles. The fourth-order valence-corrected chi connectivity index (χ4v) is 4.98. The predicted molar refractivity (Wildman–Crippen MR) is 79.2 cm³/mol. The Morgan fingerprint density at radius 1 is 1.38 bits per heavy atom. The van der Waals surface area contributed by atoms with Crippen molar-refractivity contribution in [2.45, 2.75) is 37.6 Å². The summed E-state index contributed by atoms with van der Waals surface area (Å²) in [6.45, 7) is 0. The van der Waals surface area contributed by atoms with Crippen LogP contribution in [0.3, 0.4) is 0 Å². The van der Waals surface area contributed by atoms with E-state index in [0.717, 1.165) is 0 Å². The second-order valence-electron chi connectivity index (χ2n) is 6.62. The number of hydrogen-bond donors (Lipinski definition) is 0. The lowest BCUT2D eigenvalue weighted by molar-refractivity contribution is -0.110. The highest BCUT2D eigenvalue weighted by Gasteiger charge is 2.45. The lowest BCUT2D eigenvalue weighted by atomic mass is 9.79. The lowest BCUT2D eigenvalue weighted by Gasteiger charge is -2.34. The molecule has 2 aliphatic rings. The normalized spacial score (nSPS) is 25.7. The zero-order valence-electron chi connectivity index (χ0n) is 12.7. The number of sulfone groups is 1. The van der Waals surface area contributed by atoms with Crippen molar-refractivity contribution in [1.82, 2.24) is 19.9 Å². The minimum absolute atomic E-state index is 0.0824. The van der Waals surface area contributed by atoms with Gasteiger partial charge in [-0.3, -0.25) is 4.68 Å². The minimum atomic E-state index is -2.99. The van der Waals surface area contributed by atoms with Crippen LogP contribution in [0.4, 0.5) is 8.78 Å². The summed E-state index contributed by atoms with van der Waals surface area (Å²) < 4.78 is 55.6. The summed E-state index contributed by atoms with van der Waals surface area (Å²) in [6.07, 6.45) is 3.86. The minimum Gasteiger partial charge on any atom is -0.334 e. The van der Waals surface area contributed by atoms with Gasteiger partial charge in [-0.05, 0) is 12.3 Å². The van der Waals surface area contributed by atoms with Gasteiger partial charge in [0.25, 0.3) is 5.89 Å². The van der Waals surface area contributed by atoms with Crippen molar-refractivity contribution in [3.8, 4) is 11.5 Å². The molecule has 10 heteroatoms. The molecular weight excluding hydrogens is 342 g/mol. The first-order chi connectivity index (χ1) is 11.3. The molecule has 2 fully saturated rings. The molecule has 4 rings (SSSR count). The van der Waals surface area contributed by atoms with Gasteiger partial charge in [-0.15, -0.1) is 0 Å². The monoisotopic (exact) mass is 358 g/mol. The zero-order valence-corrected chi connectivity index (χ0v) is 13.5. The molecule has 1 saturated carbocycles. The van der Waals surface area contributed by atoms with Crippen molar-refractivity contribution in [2.75, 3.05) is 11.5 Å². The van der Waals surface area contributed by atoms with E-state index in [0.29, 0.717) is 24.2 Å². The molecule has 1 aliphatic carbocycles. The van der Waals surface area contributed by atoms with Gasteiger partial charge in [0.05, 0.1) is 29.3 Å². The molecule has 0 radical (unpaired) electrons. The van der Waals surface area contributed by atoms with Crippen LogP contribution in [0.25, 0.3) is 11.5 Å². The SMILES string of the molecule is O=S1(=O)CCC(n2cc(-c3nc(CC4CC(F)(F)C4)no3)cn2)C1. The Morgan fingerprint density at radius 2 is 2.17 bits per heavy atom. The van der Waals surface area contributed by atoms with Crippen LogP contribution in [0.5, 0.6) is 0 Å². The van der Waals surface area contributed by atoms with E-state index in [1.165, 1.54) is 0 Å². The number of hydrogen-bond acceptors (Lipinski definition) is 6. The van der Waals surface area contributed by atoms with Gasteiger partial charge >= 0.3 is 0 Å². The summed E-state index contributed by atoms with van der Waals surface area (Å²) in [5, 5.41) is 8.01. The van der Waals surface area contributed by atoms with Gasteiger partial charge in [0.2, 0.25) is 5.92 Å². The number of aromatic nitrogens is 4. The molecule has 0 spiro atoms. The zero-order chi connectivity index (χ0) is 16.9. The highest BCUT2D eigenvalue weighted by Crippen LogP contribution is 2.43. The van der Waals surface area contributed by atoms with Crippen LogP contribution in [-0.2, 0) is 16.3 Å². The lowest BCUT2D eigenvalue weighted by Crippen LogP contribution is -2.36. The number of alkyl halides is 2. The molecular formula is C14H16F2N4O3S. The van der Waals surface area contributed by atoms with E-state index < -0.39 is 15.8 Å². The Morgan fingerprint density at radius 3 is 2.83 bits per heavy atom. The van der Waals surface area contributed by atoms with Crippen LogP contribution in [0, 0.1) is 5.92 Å². The molecule has 2 aromatic rings. The summed E-state index contributed by atoms with van der Waals surface area (Å²) >= 11 is 0. The maximum Gasteiger partial charge on any atom is 0.261 e. The summed E-state index contributed by atoms with van der Waals surface area (Å²) in [5.74, 6) is -1.75. The Kier molecular flexibility index (Phi) is 3.48. The first-order valence-electron chi connectivity index (χ1n) is 7.75. The van der Waals surface area contributed by atoms with Crippen molar-refractivity contribution in [1.29, 1.82) is 0 Å². The molecule has 0 bridgehead atoms. The van der Waals surface area contributed by atoms with Crippen LogP contribution in [0.15, 0.2) is 16.9 Å². The molecule has 0 N–H and O–H groups in total. The molecule has 1 unspecified atom stereocenters. The highest BCUT2D eigenvalue weighted by molar-refractivity contribution is 7.91. The van der Waals surface area contributed by atoms with E-state index in [1.807, 2.05) is 0 Å². The largest absolute Gasteiger partial charge is 0.334 e. The van der Waals surface area contributed by atoms with Crippen molar-refractivity contribution >= 4 is 9.84 Å². The molecule has 130 valence electrons. The van der Waals surface area contributed by atoms with Crippen molar-refractivity contribution < 1.29 is 21.7 Å². The number of halogens is 2. The Balaban J connectivity index is 1.44. The quantitative estimate of drug-likeness (QED) is 0.829. The average molecular weight is 358 g/mol. The number of rotatable bonds is 4. The second-order valence-corrected chi connectivity index (χ2v) is 8.84. The van der Waals surface area contributed by atoms with Gasteiger partial charge in [0.15, 0.2) is 15.7 Å². The van der Waals surface area contributed by atoms with E-state index >= 15 is 0 Å². The second kappa shape index (κ2) is 5.33. The fourth-order valence-electron chi connectivity index (χ4n) is 3.27. The van der Waals surface area contributed by atoms with Crippen molar-refractivity contribution in [3.63, 3.8) is 0 Å². The summed E-state index contributed by atoms with van der Waals surface area (Å²) in [7, 11) is -2.99. The van der Waals surface area contributed by atoms with Gasteiger partial charge in [0, 0.05) is 25.5 Å². The predicted octanol–water partition coefficient (Wildman–Crippen LogP) is 1.88. The molecule has 0 amide bonds. The molecule has 0 aromatic carbocycles. The van der Waals surface area contributed by atoms with Crippen molar-refractivity contribution in [2.24, 2.45) is 5.92 Å². The molecule has 7 nitrogen and oxygen atoms in total. The number of nitrogens with zero attached hydrogens (tertiary/aromatic N) is 4.